The predicted octanol–water partition coefficient (Wildman–Crippen LogP) is 2.41. The third-order valence-electron chi connectivity index (χ3n) is 3.65. The van der Waals surface area contributed by atoms with E-state index < -0.39 is 0 Å². The number of anilines is 2. The smallest absolute Gasteiger partial charge is 0.231 e. The fourth-order valence-electron chi connectivity index (χ4n) is 2.34. The van der Waals surface area contributed by atoms with Gasteiger partial charge in [0, 0.05) is 25.0 Å². The number of nitrogens with one attached hydrogen (secondary N) is 1. The minimum atomic E-state index is -0.126. The first-order chi connectivity index (χ1) is 9.06. The van der Waals surface area contributed by atoms with Gasteiger partial charge in [0.1, 0.15) is 0 Å². The van der Waals surface area contributed by atoms with E-state index in [4.69, 9.17) is 0 Å². The number of hydrogen-bond donors (Lipinski definition) is 1. The molecule has 2 rings (SSSR count). The topological polar surface area (TPSA) is 56.1 Å². The molecule has 1 amide bonds. The number of nitriles is 1. The summed E-state index contributed by atoms with van der Waals surface area (Å²) in [4.78, 5) is 13.9. The summed E-state index contributed by atoms with van der Waals surface area (Å²) in [6.07, 6.45) is 0.432. The Balaban J connectivity index is 2.25. The highest BCUT2D eigenvalue weighted by atomic mass is 16.2. The van der Waals surface area contributed by atoms with E-state index in [1.54, 1.807) is 4.90 Å². The molecule has 0 aromatic heterocycles. The van der Waals surface area contributed by atoms with Gasteiger partial charge in [0.2, 0.25) is 5.91 Å². The molecule has 1 unspecified atom stereocenters. The van der Waals surface area contributed by atoms with Crippen molar-refractivity contribution in [3.05, 3.63) is 23.8 Å². The van der Waals surface area contributed by atoms with E-state index >= 15 is 0 Å². The lowest BCUT2D eigenvalue weighted by Gasteiger charge is -2.22. The second-order valence-corrected chi connectivity index (χ2v) is 5.25. The van der Waals surface area contributed by atoms with Gasteiger partial charge in [-0.15, -0.1) is 0 Å². The average molecular weight is 257 g/mol. The summed E-state index contributed by atoms with van der Waals surface area (Å²) in [6, 6.07) is 8.22. The SMILES string of the molecule is CNc1ccc2c(c1)CC(=O)N2CC(C#N)C(C)C. The zero-order valence-corrected chi connectivity index (χ0v) is 11.6. The molecular weight excluding hydrogens is 238 g/mol. The summed E-state index contributed by atoms with van der Waals surface area (Å²) in [6.45, 7) is 4.51. The molecule has 19 heavy (non-hydrogen) atoms. The Bertz CT molecular complexity index is 531. The third-order valence-corrected chi connectivity index (χ3v) is 3.65. The van der Waals surface area contributed by atoms with Crippen LogP contribution in [0.5, 0.6) is 0 Å². The van der Waals surface area contributed by atoms with Gasteiger partial charge in [0.25, 0.3) is 0 Å². The molecule has 1 N–H and O–H groups in total. The Morgan fingerprint density at radius 3 is 2.79 bits per heavy atom. The van der Waals surface area contributed by atoms with Crippen LogP contribution in [0.25, 0.3) is 0 Å². The van der Waals surface area contributed by atoms with Crippen molar-refractivity contribution < 1.29 is 4.79 Å². The highest BCUT2D eigenvalue weighted by Gasteiger charge is 2.30. The fraction of sp³-hybridized carbons (Fsp3) is 0.467. The number of rotatable bonds is 4. The van der Waals surface area contributed by atoms with E-state index in [0.717, 1.165) is 16.9 Å². The maximum atomic E-state index is 12.1. The van der Waals surface area contributed by atoms with Crippen molar-refractivity contribution in [1.82, 2.24) is 0 Å². The quantitative estimate of drug-likeness (QED) is 0.901. The molecule has 0 spiro atoms. The molecule has 1 heterocycles. The van der Waals surface area contributed by atoms with Crippen LogP contribution in [0.15, 0.2) is 18.2 Å². The van der Waals surface area contributed by atoms with E-state index in [-0.39, 0.29) is 17.7 Å². The molecule has 0 saturated heterocycles. The Morgan fingerprint density at radius 1 is 1.47 bits per heavy atom. The summed E-state index contributed by atoms with van der Waals surface area (Å²) < 4.78 is 0. The number of carbonyl (C=O) groups excluding carboxylic acids is 1. The van der Waals surface area contributed by atoms with Crippen molar-refractivity contribution in [2.75, 3.05) is 23.8 Å². The standard InChI is InChI=1S/C15H19N3O/c1-10(2)12(8-16)9-18-14-5-4-13(17-3)6-11(14)7-15(18)19/h4-6,10,12,17H,7,9H2,1-3H3. The van der Waals surface area contributed by atoms with Crippen molar-refractivity contribution >= 4 is 17.3 Å². The highest BCUT2D eigenvalue weighted by Crippen LogP contribution is 2.32. The summed E-state index contributed by atoms with van der Waals surface area (Å²) >= 11 is 0. The molecule has 1 aromatic rings. The largest absolute Gasteiger partial charge is 0.388 e. The Hall–Kier alpha value is -2.02. The number of carbonyl (C=O) groups is 1. The van der Waals surface area contributed by atoms with Crippen LogP contribution in [0.1, 0.15) is 19.4 Å². The number of nitrogens with zero attached hydrogens (tertiary/aromatic N) is 2. The van der Waals surface area contributed by atoms with E-state index in [2.05, 4.69) is 11.4 Å². The summed E-state index contributed by atoms with van der Waals surface area (Å²) in [5.41, 5.74) is 3.00. The maximum absolute atomic E-state index is 12.1. The van der Waals surface area contributed by atoms with Crippen LogP contribution in [0.2, 0.25) is 0 Å². The number of fused-ring (bicyclic) bond motifs is 1. The summed E-state index contributed by atoms with van der Waals surface area (Å²) in [7, 11) is 1.86. The first-order valence-electron chi connectivity index (χ1n) is 6.57. The molecule has 1 aliphatic rings. The lowest BCUT2D eigenvalue weighted by Crippen LogP contribution is -2.33. The number of hydrogen-bond acceptors (Lipinski definition) is 3. The van der Waals surface area contributed by atoms with Crippen LogP contribution in [0.4, 0.5) is 11.4 Å². The molecule has 0 saturated carbocycles. The molecule has 1 aliphatic heterocycles. The van der Waals surface area contributed by atoms with Crippen LogP contribution in [0.3, 0.4) is 0 Å². The Morgan fingerprint density at radius 2 is 2.21 bits per heavy atom. The van der Waals surface area contributed by atoms with Gasteiger partial charge in [0.15, 0.2) is 0 Å². The van der Waals surface area contributed by atoms with E-state index in [0.29, 0.717) is 13.0 Å². The molecule has 4 heteroatoms. The average Bonchev–Trinajstić information content (AvgIpc) is 2.70. The van der Waals surface area contributed by atoms with Crippen molar-refractivity contribution in [3.63, 3.8) is 0 Å². The normalized spacial score (nSPS) is 15.3. The van der Waals surface area contributed by atoms with Gasteiger partial charge in [-0.05, 0) is 29.7 Å². The minimum Gasteiger partial charge on any atom is -0.388 e. The predicted molar refractivity (Wildman–Crippen MR) is 76.0 cm³/mol. The lowest BCUT2D eigenvalue weighted by molar-refractivity contribution is -0.117. The zero-order valence-electron chi connectivity index (χ0n) is 11.6. The molecule has 1 atom stereocenters. The molecule has 0 bridgehead atoms. The van der Waals surface area contributed by atoms with Crippen LogP contribution < -0.4 is 10.2 Å². The van der Waals surface area contributed by atoms with Crippen LogP contribution in [-0.2, 0) is 11.2 Å². The van der Waals surface area contributed by atoms with Gasteiger partial charge < -0.3 is 10.2 Å². The fourth-order valence-corrected chi connectivity index (χ4v) is 2.34. The van der Waals surface area contributed by atoms with Crippen molar-refractivity contribution in [1.29, 1.82) is 5.26 Å². The second kappa shape index (κ2) is 5.31. The van der Waals surface area contributed by atoms with E-state index in [1.165, 1.54) is 0 Å². The van der Waals surface area contributed by atoms with Crippen LogP contribution >= 0.6 is 0 Å². The lowest BCUT2D eigenvalue weighted by atomic mass is 9.97. The third kappa shape index (κ3) is 2.55. The van der Waals surface area contributed by atoms with Gasteiger partial charge >= 0.3 is 0 Å². The van der Waals surface area contributed by atoms with Gasteiger partial charge in [-0.2, -0.15) is 5.26 Å². The van der Waals surface area contributed by atoms with Crippen LogP contribution in [-0.4, -0.2) is 19.5 Å². The maximum Gasteiger partial charge on any atom is 0.231 e. The van der Waals surface area contributed by atoms with E-state index in [1.807, 2.05) is 39.1 Å². The molecule has 1 aromatic carbocycles. The van der Waals surface area contributed by atoms with Crippen molar-refractivity contribution in [3.8, 4) is 6.07 Å². The Labute approximate surface area is 114 Å². The second-order valence-electron chi connectivity index (χ2n) is 5.25. The summed E-state index contributed by atoms with van der Waals surface area (Å²) in [5.74, 6) is 0.210. The first-order valence-corrected chi connectivity index (χ1v) is 6.57. The van der Waals surface area contributed by atoms with Gasteiger partial charge in [-0.1, -0.05) is 13.8 Å². The highest BCUT2D eigenvalue weighted by molar-refractivity contribution is 6.01. The van der Waals surface area contributed by atoms with Gasteiger partial charge in [-0.25, -0.2) is 0 Å². The van der Waals surface area contributed by atoms with Gasteiger partial charge in [-0.3, -0.25) is 4.79 Å². The van der Waals surface area contributed by atoms with Crippen molar-refractivity contribution in [2.24, 2.45) is 11.8 Å². The summed E-state index contributed by atoms with van der Waals surface area (Å²) in [5, 5.41) is 12.2. The van der Waals surface area contributed by atoms with E-state index in [9.17, 15) is 10.1 Å². The zero-order chi connectivity index (χ0) is 14.0. The molecular formula is C15H19N3O. The molecule has 0 radical (unpaired) electrons. The number of benzene rings is 1. The molecule has 4 nitrogen and oxygen atoms in total. The van der Waals surface area contributed by atoms with Crippen molar-refractivity contribution in [2.45, 2.75) is 20.3 Å². The number of amides is 1. The first kappa shape index (κ1) is 13.4. The molecule has 0 aliphatic carbocycles. The van der Waals surface area contributed by atoms with Crippen LogP contribution in [0, 0.1) is 23.2 Å². The monoisotopic (exact) mass is 257 g/mol. The molecule has 100 valence electrons. The molecule has 0 fully saturated rings. The minimum absolute atomic E-state index is 0.0872. The Kier molecular flexibility index (Phi) is 3.75. The van der Waals surface area contributed by atoms with Gasteiger partial charge in [0.05, 0.1) is 18.4 Å².